The minimum Gasteiger partial charge on any atom is -0.465 e. The van der Waals surface area contributed by atoms with Crippen molar-refractivity contribution in [2.24, 2.45) is 0 Å². The summed E-state index contributed by atoms with van der Waals surface area (Å²) < 4.78 is 15.6. The molecule has 1 saturated heterocycles. The smallest absolute Gasteiger partial charge is 0.441 e. The van der Waals surface area contributed by atoms with Crippen molar-refractivity contribution in [1.29, 1.82) is 0 Å². The summed E-state index contributed by atoms with van der Waals surface area (Å²) in [5.74, 6) is -0.648. The van der Waals surface area contributed by atoms with Gasteiger partial charge in [-0.25, -0.2) is 4.79 Å². The highest BCUT2D eigenvalue weighted by atomic mass is 16.6. The first-order chi connectivity index (χ1) is 8.06. The van der Waals surface area contributed by atoms with Crippen LogP contribution in [0.3, 0.4) is 0 Å². The van der Waals surface area contributed by atoms with Crippen molar-refractivity contribution in [3.8, 4) is 5.88 Å². The van der Waals surface area contributed by atoms with E-state index in [9.17, 15) is 9.90 Å². The summed E-state index contributed by atoms with van der Waals surface area (Å²) in [6, 6.07) is 0. The van der Waals surface area contributed by atoms with Crippen LogP contribution in [0.25, 0.3) is 0 Å². The fourth-order valence-corrected chi connectivity index (χ4v) is 2.35. The first-order valence-corrected chi connectivity index (χ1v) is 5.19. The van der Waals surface area contributed by atoms with Gasteiger partial charge in [-0.15, -0.1) is 4.98 Å². The Kier molecular flexibility index (Phi) is 2.07. The van der Waals surface area contributed by atoms with E-state index in [0.717, 1.165) is 0 Å². The molecular formula is C10H11NO6. The maximum atomic E-state index is 11.0. The minimum atomic E-state index is -1.05. The quantitative estimate of drug-likeness (QED) is 0.648. The Hall–Kier alpha value is -1.44. The standard InChI is InChI=1S/C10H11NO6/c1-10-6(13)5(2-12)16-7(10)4-3-15-9(14)11-8(4)17-10/h3,5-7,12-13H,2H2,1H3. The highest BCUT2D eigenvalue weighted by molar-refractivity contribution is 5.35. The summed E-state index contributed by atoms with van der Waals surface area (Å²) in [6.07, 6.45) is -1.10. The molecule has 92 valence electrons. The molecule has 0 aliphatic carbocycles. The van der Waals surface area contributed by atoms with E-state index in [1.54, 1.807) is 6.92 Å². The second-order valence-corrected chi connectivity index (χ2v) is 4.34. The van der Waals surface area contributed by atoms with Crippen molar-refractivity contribution in [3.05, 3.63) is 22.4 Å². The van der Waals surface area contributed by atoms with Gasteiger partial charge in [-0.3, -0.25) is 0 Å². The van der Waals surface area contributed by atoms with Gasteiger partial charge in [0.15, 0.2) is 5.60 Å². The largest absolute Gasteiger partial charge is 0.465 e. The van der Waals surface area contributed by atoms with E-state index < -0.39 is 29.7 Å². The van der Waals surface area contributed by atoms with Gasteiger partial charge in [-0.2, -0.15) is 0 Å². The molecular weight excluding hydrogens is 230 g/mol. The molecule has 0 saturated carbocycles. The van der Waals surface area contributed by atoms with Crippen LogP contribution in [0.5, 0.6) is 5.88 Å². The summed E-state index contributed by atoms with van der Waals surface area (Å²) in [5.41, 5.74) is -0.575. The molecule has 4 atom stereocenters. The van der Waals surface area contributed by atoms with Crippen LogP contribution in [0.15, 0.2) is 15.5 Å². The van der Waals surface area contributed by atoms with Gasteiger partial charge in [0.25, 0.3) is 0 Å². The lowest BCUT2D eigenvalue weighted by atomic mass is 9.92. The summed E-state index contributed by atoms with van der Waals surface area (Å²) in [7, 11) is 0. The third-order valence-electron chi connectivity index (χ3n) is 3.28. The molecule has 0 amide bonds. The van der Waals surface area contributed by atoms with Crippen molar-refractivity contribution in [3.63, 3.8) is 0 Å². The van der Waals surface area contributed by atoms with Crippen LogP contribution in [0.4, 0.5) is 0 Å². The molecule has 1 aromatic heterocycles. The lowest BCUT2D eigenvalue weighted by molar-refractivity contribution is -0.0296. The molecule has 3 rings (SSSR count). The fraction of sp³-hybridized carbons (Fsp3) is 0.600. The Morgan fingerprint density at radius 1 is 1.59 bits per heavy atom. The van der Waals surface area contributed by atoms with E-state index >= 15 is 0 Å². The number of nitrogens with zero attached hydrogens (tertiary/aromatic N) is 1. The molecule has 0 aromatic carbocycles. The number of ether oxygens (including phenoxy) is 2. The molecule has 1 aromatic rings. The van der Waals surface area contributed by atoms with E-state index in [2.05, 4.69) is 9.40 Å². The van der Waals surface area contributed by atoms with Crippen LogP contribution < -0.4 is 10.5 Å². The summed E-state index contributed by atoms with van der Waals surface area (Å²) in [4.78, 5) is 14.5. The number of hydrogen-bond donors (Lipinski definition) is 2. The zero-order valence-corrected chi connectivity index (χ0v) is 8.99. The van der Waals surface area contributed by atoms with E-state index in [4.69, 9.17) is 14.6 Å². The Morgan fingerprint density at radius 2 is 2.35 bits per heavy atom. The van der Waals surface area contributed by atoms with Gasteiger partial charge in [-0.05, 0) is 6.92 Å². The maximum Gasteiger partial charge on any atom is 0.441 e. The van der Waals surface area contributed by atoms with Gasteiger partial charge < -0.3 is 24.1 Å². The van der Waals surface area contributed by atoms with E-state index in [1.165, 1.54) is 6.26 Å². The molecule has 1 fully saturated rings. The first-order valence-electron chi connectivity index (χ1n) is 5.19. The molecule has 7 heteroatoms. The monoisotopic (exact) mass is 241 g/mol. The molecule has 3 heterocycles. The zero-order chi connectivity index (χ0) is 12.2. The lowest BCUT2D eigenvalue weighted by Crippen LogP contribution is -2.45. The van der Waals surface area contributed by atoms with Crippen LogP contribution in [0.1, 0.15) is 18.6 Å². The van der Waals surface area contributed by atoms with Crippen molar-refractivity contribution in [2.75, 3.05) is 6.61 Å². The summed E-state index contributed by atoms with van der Waals surface area (Å²) >= 11 is 0. The Morgan fingerprint density at radius 3 is 3.06 bits per heavy atom. The van der Waals surface area contributed by atoms with E-state index in [-0.39, 0.29) is 12.5 Å². The minimum absolute atomic E-state index is 0.115. The Bertz CT molecular complexity index is 514. The highest BCUT2D eigenvalue weighted by Crippen LogP contribution is 2.51. The van der Waals surface area contributed by atoms with Crippen LogP contribution >= 0.6 is 0 Å². The predicted octanol–water partition coefficient (Wildman–Crippen LogP) is -1.02. The van der Waals surface area contributed by atoms with Crippen molar-refractivity contribution in [2.45, 2.75) is 30.8 Å². The van der Waals surface area contributed by atoms with Gasteiger partial charge >= 0.3 is 5.76 Å². The van der Waals surface area contributed by atoms with Crippen molar-refractivity contribution in [1.82, 2.24) is 4.98 Å². The molecule has 2 N–H and O–H groups in total. The molecule has 0 spiro atoms. The second kappa shape index (κ2) is 3.28. The summed E-state index contributed by atoms with van der Waals surface area (Å²) in [6.45, 7) is 1.33. The van der Waals surface area contributed by atoms with Crippen molar-refractivity contribution >= 4 is 0 Å². The molecule has 0 radical (unpaired) electrons. The van der Waals surface area contributed by atoms with Crippen LogP contribution in [0, 0.1) is 0 Å². The fourth-order valence-electron chi connectivity index (χ4n) is 2.35. The molecule has 0 bridgehead atoms. The van der Waals surface area contributed by atoms with Crippen LogP contribution in [0.2, 0.25) is 0 Å². The average molecular weight is 241 g/mol. The number of aromatic nitrogens is 1. The van der Waals surface area contributed by atoms with Gasteiger partial charge in [0.1, 0.15) is 24.6 Å². The van der Waals surface area contributed by atoms with Gasteiger partial charge in [-0.1, -0.05) is 0 Å². The van der Waals surface area contributed by atoms with Crippen LogP contribution in [-0.4, -0.2) is 39.6 Å². The molecule has 7 nitrogen and oxygen atoms in total. The number of fused-ring (bicyclic) bond motifs is 3. The van der Waals surface area contributed by atoms with Gasteiger partial charge in [0.05, 0.1) is 12.2 Å². The van der Waals surface area contributed by atoms with Crippen molar-refractivity contribution < 1.29 is 24.1 Å². The number of aliphatic hydroxyl groups excluding tert-OH is 2. The Balaban J connectivity index is 2.07. The number of hydrogen-bond acceptors (Lipinski definition) is 7. The summed E-state index contributed by atoms with van der Waals surface area (Å²) in [5, 5.41) is 19.1. The average Bonchev–Trinajstić information content (AvgIpc) is 2.69. The third-order valence-corrected chi connectivity index (χ3v) is 3.28. The molecule has 2 aliphatic heterocycles. The number of rotatable bonds is 1. The van der Waals surface area contributed by atoms with E-state index in [0.29, 0.717) is 5.56 Å². The normalized spacial score (nSPS) is 38.6. The van der Waals surface area contributed by atoms with E-state index in [1.807, 2.05) is 0 Å². The predicted molar refractivity (Wildman–Crippen MR) is 52.5 cm³/mol. The first kappa shape index (κ1) is 10.7. The Labute approximate surface area is 95.6 Å². The number of aliphatic hydroxyl groups is 2. The van der Waals surface area contributed by atoms with Gasteiger partial charge in [0, 0.05) is 0 Å². The topological polar surface area (TPSA) is 102 Å². The SMILES string of the molecule is CC12Oc3nc(=O)occ3C1OC(CO)C2O. The molecule has 17 heavy (non-hydrogen) atoms. The lowest BCUT2D eigenvalue weighted by Gasteiger charge is -2.25. The second-order valence-electron chi connectivity index (χ2n) is 4.34. The maximum absolute atomic E-state index is 11.0. The van der Waals surface area contributed by atoms with Gasteiger partial charge in [0.2, 0.25) is 5.88 Å². The molecule has 2 aliphatic rings. The highest BCUT2D eigenvalue weighted by Gasteiger charge is 2.60. The zero-order valence-electron chi connectivity index (χ0n) is 8.99. The third kappa shape index (κ3) is 1.27. The molecule has 4 unspecified atom stereocenters. The van der Waals surface area contributed by atoms with Crippen LogP contribution in [-0.2, 0) is 4.74 Å².